The highest BCUT2D eigenvalue weighted by Crippen LogP contribution is 2.30. The number of nitrogens with one attached hydrogen (secondary N) is 1. The first-order chi connectivity index (χ1) is 6.77. The number of ether oxygens (including phenoxy) is 1. The third kappa shape index (κ3) is 1.09. The van der Waals surface area contributed by atoms with Crippen molar-refractivity contribution in [3.8, 4) is 5.75 Å². The van der Waals surface area contributed by atoms with Gasteiger partial charge >= 0.3 is 0 Å². The van der Waals surface area contributed by atoms with Crippen LogP contribution in [0.25, 0.3) is 10.9 Å². The summed E-state index contributed by atoms with van der Waals surface area (Å²) >= 11 is 0. The van der Waals surface area contributed by atoms with Gasteiger partial charge in [-0.3, -0.25) is 4.79 Å². The third-order valence-corrected chi connectivity index (χ3v) is 2.35. The van der Waals surface area contributed by atoms with Crippen molar-refractivity contribution in [2.45, 2.75) is 6.92 Å². The molecule has 0 saturated carbocycles. The van der Waals surface area contributed by atoms with Crippen molar-refractivity contribution in [1.29, 1.82) is 0 Å². The Kier molecular flexibility index (Phi) is 2.00. The molecular weight excluding hydrogens is 178 g/mol. The molecule has 0 amide bonds. The van der Waals surface area contributed by atoms with Gasteiger partial charge in [-0.1, -0.05) is 0 Å². The number of carbonyl (C=O) groups is 1. The number of aromatic nitrogens is 1. The molecule has 1 heterocycles. The lowest BCUT2D eigenvalue weighted by Gasteiger charge is -2.07. The summed E-state index contributed by atoms with van der Waals surface area (Å²) in [6, 6.07) is 3.71. The minimum absolute atomic E-state index is 0.694. The van der Waals surface area contributed by atoms with E-state index < -0.39 is 0 Å². The van der Waals surface area contributed by atoms with Crippen LogP contribution < -0.4 is 4.74 Å². The van der Waals surface area contributed by atoms with Crippen LogP contribution in [0, 0.1) is 6.92 Å². The van der Waals surface area contributed by atoms with E-state index >= 15 is 0 Å². The fourth-order valence-corrected chi connectivity index (χ4v) is 1.73. The van der Waals surface area contributed by atoms with E-state index in [1.807, 2.05) is 19.1 Å². The highest BCUT2D eigenvalue weighted by molar-refractivity contribution is 6.00. The van der Waals surface area contributed by atoms with Gasteiger partial charge in [0.2, 0.25) is 0 Å². The standard InChI is InChI=1S/C11H11NO2/c1-7-5-8(6-13)9-3-4-12-10(9)11(7)14-2/h3-6,12H,1-2H3. The molecule has 14 heavy (non-hydrogen) atoms. The Balaban J connectivity index is 2.88. The SMILES string of the molecule is COc1c(C)cc(C=O)c2cc[nH]c12. The first kappa shape index (κ1) is 8.81. The van der Waals surface area contributed by atoms with Gasteiger partial charge in [-0.25, -0.2) is 0 Å². The van der Waals surface area contributed by atoms with Crippen LogP contribution in [0.3, 0.4) is 0 Å². The summed E-state index contributed by atoms with van der Waals surface area (Å²) in [4.78, 5) is 13.9. The minimum atomic E-state index is 0.694. The Hall–Kier alpha value is -1.77. The van der Waals surface area contributed by atoms with Gasteiger partial charge in [-0.05, 0) is 24.6 Å². The fraction of sp³-hybridized carbons (Fsp3) is 0.182. The number of aromatic amines is 1. The number of benzene rings is 1. The van der Waals surface area contributed by atoms with Gasteiger partial charge in [0.25, 0.3) is 0 Å². The first-order valence-electron chi connectivity index (χ1n) is 4.37. The summed E-state index contributed by atoms with van der Waals surface area (Å²) in [7, 11) is 1.63. The molecular formula is C11H11NO2. The van der Waals surface area contributed by atoms with E-state index in [2.05, 4.69) is 4.98 Å². The second-order valence-electron chi connectivity index (χ2n) is 3.20. The average Bonchev–Trinajstić information content (AvgIpc) is 2.65. The molecule has 3 heteroatoms. The Labute approximate surface area is 81.7 Å². The lowest BCUT2D eigenvalue weighted by molar-refractivity contribution is 0.112. The molecule has 1 aromatic heterocycles. The zero-order valence-corrected chi connectivity index (χ0v) is 8.13. The third-order valence-electron chi connectivity index (χ3n) is 2.35. The Morgan fingerprint density at radius 2 is 2.29 bits per heavy atom. The summed E-state index contributed by atoms with van der Waals surface area (Å²) < 4.78 is 5.27. The van der Waals surface area contributed by atoms with Crippen LogP contribution >= 0.6 is 0 Å². The van der Waals surface area contributed by atoms with Crippen LogP contribution in [0.4, 0.5) is 0 Å². The van der Waals surface area contributed by atoms with E-state index in [9.17, 15) is 4.79 Å². The lowest BCUT2D eigenvalue weighted by Crippen LogP contribution is -1.91. The van der Waals surface area contributed by atoms with Crippen LogP contribution in [0.2, 0.25) is 0 Å². The van der Waals surface area contributed by atoms with Crippen molar-refractivity contribution in [3.05, 3.63) is 29.5 Å². The number of H-pyrrole nitrogens is 1. The molecule has 0 aliphatic carbocycles. The van der Waals surface area contributed by atoms with Crippen molar-refractivity contribution >= 4 is 17.2 Å². The quantitative estimate of drug-likeness (QED) is 0.736. The number of carbonyl (C=O) groups excluding carboxylic acids is 1. The second kappa shape index (κ2) is 3.18. The molecule has 0 unspecified atom stereocenters. The summed E-state index contributed by atoms with van der Waals surface area (Å²) in [5.74, 6) is 0.801. The monoisotopic (exact) mass is 189 g/mol. The van der Waals surface area contributed by atoms with E-state index in [0.29, 0.717) is 5.56 Å². The molecule has 0 aliphatic rings. The van der Waals surface area contributed by atoms with E-state index in [0.717, 1.165) is 28.5 Å². The van der Waals surface area contributed by atoms with Crippen molar-refractivity contribution in [1.82, 2.24) is 4.98 Å². The van der Waals surface area contributed by atoms with Crippen LogP contribution in [0.5, 0.6) is 5.75 Å². The summed E-state index contributed by atoms with van der Waals surface area (Å²) in [6.45, 7) is 1.92. The van der Waals surface area contributed by atoms with Crippen LogP contribution in [-0.2, 0) is 0 Å². The Bertz CT molecular complexity index is 485. The summed E-state index contributed by atoms with van der Waals surface area (Å²) in [5.41, 5.74) is 2.54. The van der Waals surface area contributed by atoms with Crippen LogP contribution in [-0.4, -0.2) is 18.4 Å². The molecule has 0 spiro atoms. The van der Waals surface area contributed by atoms with Crippen LogP contribution in [0.15, 0.2) is 18.3 Å². The molecule has 2 rings (SSSR count). The van der Waals surface area contributed by atoms with Gasteiger partial charge in [-0.15, -0.1) is 0 Å². The molecule has 0 bridgehead atoms. The zero-order valence-electron chi connectivity index (χ0n) is 8.13. The average molecular weight is 189 g/mol. The van der Waals surface area contributed by atoms with Crippen molar-refractivity contribution in [2.24, 2.45) is 0 Å². The zero-order chi connectivity index (χ0) is 10.1. The van der Waals surface area contributed by atoms with Crippen LogP contribution in [0.1, 0.15) is 15.9 Å². The van der Waals surface area contributed by atoms with Gasteiger partial charge in [0.15, 0.2) is 6.29 Å². The maximum absolute atomic E-state index is 10.8. The van der Waals surface area contributed by atoms with E-state index in [1.54, 1.807) is 13.3 Å². The highest BCUT2D eigenvalue weighted by Gasteiger charge is 2.09. The molecule has 72 valence electrons. The number of hydrogen-bond donors (Lipinski definition) is 1. The van der Waals surface area contributed by atoms with E-state index in [-0.39, 0.29) is 0 Å². The molecule has 0 aliphatic heterocycles. The van der Waals surface area contributed by atoms with Crippen molar-refractivity contribution in [3.63, 3.8) is 0 Å². The number of methoxy groups -OCH3 is 1. The van der Waals surface area contributed by atoms with Crippen molar-refractivity contribution in [2.75, 3.05) is 7.11 Å². The highest BCUT2D eigenvalue weighted by atomic mass is 16.5. The number of rotatable bonds is 2. The molecule has 0 radical (unpaired) electrons. The molecule has 0 saturated heterocycles. The number of hydrogen-bond acceptors (Lipinski definition) is 2. The lowest BCUT2D eigenvalue weighted by atomic mass is 10.1. The summed E-state index contributed by atoms with van der Waals surface area (Å²) in [5, 5.41) is 0.905. The van der Waals surface area contributed by atoms with E-state index in [1.165, 1.54) is 0 Å². The maximum atomic E-state index is 10.8. The number of aldehydes is 1. The maximum Gasteiger partial charge on any atom is 0.150 e. The van der Waals surface area contributed by atoms with Crippen molar-refractivity contribution < 1.29 is 9.53 Å². The fourth-order valence-electron chi connectivity index (χ4n) is 1.73. The molecule has 1 N–H and O–H groups in total. The first-order valence-corrected chi connectivity index (χ1v) is 4.37. The Morgan fingerprint density at radius 1 is 1.50 bits per heavy atom. The number of aryl methyl sites for hydroxylation is 1. The predicted octanol–water partition coefficient (Wildman–Crippen LogP) is 2.30. The molecule has 1 aromatic carbocycles. The second-order valence-corrected chi connectivity index (χ2v) is 3.20. The van der Waals surface area contributed by atoms with Gasteiger partial charge < -0.3 is 9.72 Å². The Morgan fingerprint density at radius 3 is 2.93 bits per heavy atom. The van der Waals surface area contributed by atoms with E-state index in [4.69, 9.17) is 4.74 Å². The smallest absolute Gasteiger partial charge is 0.150 e. The molecule has 0 atom stereocenters. The largest absolute Gasteiger partial charge is 0.494 e. The van der Waals surface area contributed by atoms with Gasteiger partial charge in [0.05, 0.1) is 12.6 Å². The molecule has 3 nitrogen and oxygen atoms in total. The topological polar surface area (TPSA) is 42.1 Å². The normalized spacial score (nSPS) is 10.4. The summed E-state index contributed by atoms with van der Waals surface area (Å²) in [6.07, 6.45) is 2.67. The van der Waals surface area contributed by atoms with Gasteiger partial charge in [-0.2, -0.15) is 0 Å². The molecule has 2 aromatic rings. The van der Waals surface area contributed by atoms with Gasteiger partial charge in [0, 0.05) is 17.1 Å². The number of fused-ring (bicyclic) bond motifs is 1. The molecule has 0 fully saturated rings. The predicted molar refractivity (Wildman–Crippen MR) is 55.0 cm³/mol. The minimum Gasteiger partial charge on any atom is -0.494 e. The van der Waals surface area contributed by atoms with Gasteiger partial charge in [0.1, 0.15) is 5.75 Å².